The maximum Gasteiger partial charge on any atom is 0.326 e. The van der Waals surface area contributed by atoms with Gasteiger partial charge in [-0.1, -0.05) is 0 Å². The zero-order chi connectivity index (χ0) is 19.2. The molecule has 0 aliphatic carbocycles. The molecule has 1 aliphatic rings. The summed E-state index contributed by atoms with van der Waals surface area (Å²) in [7, 11) is 3.08. The lowest BCUT2D eigenvalue weighted by molar-refractivity contribution is 0.0510. The second-order valence-corrected chi connectivity index (χ2v) is 6.26. The number of hydrogen-bond donors (Lipinski definition) is 2. The molecule has 0 atom stereocenters. The Balaban J connectivity index is 1.81. The summed E-state index contributed by atoms with van der Waals surface area (Å²) < 4.78 is 15.7. The van der Waals surface area contributed by atoms with Crippen LogP contribution in [0.3, 0.4) is 0 Å². The van der Waals surface area contributed by atoms with Gasteiger partial charge in [0.15, 0.2) is 6.79 Å². The van der Waals surface area contributed by atoms with Crippen molar-refractivity contribution in [3.63, 3.8) is 0 Å². The van der Waals surface area contributed by atoms with Crippen molar-refractivity contribution in [3.8, 4) is 17.2 Å². The Morgan fingerprint density at radius 1 is 1.19 bits per heavy atom. The number of rotatable bonds is 5. The van der Waals surface area contributed by atoms with E-state index in [0.717, 1.165) is 30.5 Å². The average molecular weight is 372 g/mol. The molecule has 0 bridgehead atoms. The van der Waals surface area contributed by atoms with Crippen LogP contribution in [0.5, 0.6) is 17.2 Å². The van der Waals surface area contributed by atoms with Crippen LogP contribution < -0.4 is 19.7 Å². The van der Waals surface area contributed by atoms with E-state index in [2.05, 4.69) is 5.32 Å². The molecule has 0 spiro atoms. The van der Waals surface area contributed by atoms with E-state index in [-0.39, 0.29) is 18.6 Å². The molecule has 0 saturated carbocycles. The number of phenols is 1. The van der Waals surface area contributed by atoms with Crippen LogP contribution in [0.1, 0.15) is 18.4 Å². The molecule has 144 valence electrons. The number of urea groups is 1. The van der Waals surface area contributed by atoms with Gasteiger partial charge in [-0.05, 0) is 55.2 Å². The Morgan fingerprint density at radius 2 is 2.04 bits per heavy atom. The van der Waals surface area contributed by atoms with Crippen molar-refractivity contribution >= 4 is 17.4 Å². The summed E-state index contributed by atoms with van der Waals surface area (Å²) in [5, 5.41) is 12.7. The molecule has 7 heteroatoms. The van der Waals surface area contributed by atoms with E-state index in [9.17, 15) is 9.90 Å². The smallest absolute Gasteiger partial charge is 0.326 e. The molecule has 0 fully saturated rings. The Labute approximate surface area is 158 Å². The number of carbonyl (C=O) groups is 1. The van der Waals surface area contributed by atoms with Crippen LogP contribution in [0.25, 0.3) is 0 Å². The zero-order valence-corrected chi connectivity index (χ0v) is 15.5. The molecular weight excluding hydrogens is 348 g/mol. The molecule has 0 unspecified atom stereocenters. The van der Waals surface area contributed by atoms with E-state index in [0.29, 0.717) is 23.7 Å². The predicted octanol–water partition coefficient (Wildman–Crippen LogP) is 3.76. The fourth-order valence-corrected chi connectivity index (χ4v) is 3.13. The average Bonchev–Trinajstić information content (AvgIpc) is 2.89. The number of benzene rings is 2. The van der Waals surface area contributed by atoms with Crippen LogP contribution in [-0.4, -0.2) is 38.7 Å². The van der Waals surface area contributed by atoms with Crippen molar-refractivity contribution in [1.82, 2.24) is 0 Å². The minimum Gasteiger partial charge on any atom is -0.508 e. The third kappa shape index (κ3) is 4.43. The molecule has 2 amide bonds. The summed E-state index contributed by atoms with van der Waals surface area (Å²) in [4.78, 5) is 14.6. The molecule has 0 aromatic heterocycles. The third-order valence-corrected chi connectivity index (χ3v) is 4.43. The molecule has 2 aromatic rings. The van der Waals surface area contributed by atoms with Crippen LogP contribution in [0.2, 0.25) is 0 Å². The highest BCUT2D eigenvalue weighted by molar-refractivity contribution is 6.03. The lowest BCUT2D eigenvalue weighted by Gasteiger charge is -2.24. The first-order valence-corrected chi connectivity index (χ1v) is 8.82. The van der Waals surface area contributed by atoms with Crippen LogP contribution in [0, 0.1) is 0 Å². The molecular formula is C20H24N2O5. The highest BCUT2D eigenvalue weighted by Gasteiger charge is 2.22. The first-order valence-electron chi connectivity index (χ1n) is 8.82. The SMILES string of the molecule is COCOc1ccc(NC(=O)N2CCCCc3cc(O)ccc32)c(OC)c1. The number of ether oxygens (including phenoxy) is 3. The normalized spacial score (nSPS) is 13.5. The summed E-state index contributed by atoms with van der Waals surface area (Å²) in [5.41, 5.74) is 2.34. The largest absolute Gasteiger partial charge is 0.508 e. The molecule has 3 rings (SSSR count). The molecule has 0 radical (unpaired) electrons. The zero-order valence-electron chi connectivity index (χ0n) is 15.5. The Morgan fingerprint density at radius 3 is 2.81 bits per heavy atom. The van der Waals surface area contributed by atoms with E-state index in [1.807, 2.05) is 0 Å². The number of amides is 2. The molecule has 27 heavy (non-hydrogen) atoms. The molecule has 2 aromatic carbocycles. The molecule has 1 heterocycles. The van der Waals surface area contributed by atoms with E-state index < -0.39 is 0 Å². The quantitative estimate of drug-likeness (QED) is 0.781. The Kier molecular flexibility index (Phi) is 6.03. The highest BCUT2D eigenvalue weighted by atomic mass is 16.7. The maximum atomic E-state index is 12.9. The number of anilines is 2. The van der Waals surface area contributed by atoms with Gasteiger partial charge in [0.05, 0.1) is 12.8 Å². The second kappa shape index (κ2) is 8.64. The van der Waals surface area contributed by atoms with Gasteiger partial charge in [0.25, 0.3) is 0 Å². The minimum atomic E-state index is -0.243. The summed E-state index contributed by atoms with van der Waals surface area (Å²) in [6, 6.07) is 10.0. The van der Waals surface area contributed by atoms with Gasteiger partial charge in [0.2, 0.25) is 0 Å². The third-order valence-electron chi connectivity index (χ3n) is 4.43. The number of fused-ring (bicyclic) bond motifs is 1. The lowest BCUT2D eigenvalue weighted by atomic mass is 10.1. The summed E-state index contributed by atoms with van der Waals surface area (Å²) >= 11 is 0. The fourth-order valence-electron chi connectivity index (χ4n) is 3.13. The molecule has 2 N–H and O–H groups in total. The monoisotopic (exact) mass is 372 g/mol. The van der Waals surface area contributed by atoms with Gasteiger partial charge in [0.1, 0.15) is 17.2 Å². The van der Waals surface area contributed by atoms with Crippen molar-refractivity contribution < 1.29 is 24.1 Å². The van der Waals surface area contributed by atoms with Crippen LogP contribution in [0.4, 0.5) is 16.2 Å². The first kappa shape index (κ1) is 18.8. The van der Waals surface area contributed by atoms with Crippen molar-refractivity contribution in [2.75, 3.05) is 37.8 Å². The predicted molar refractivity (Wildman–Crippen MR) is 103 cm³/mol. The number of carbonyl (C=O) groups excluding carboxylic acids is 1. The summed E-state index contributed by atoms with van der Waals surface area (Å²) in [6.07, 6.45) is 2.70. The Hall–Kier alpha value is -2.93. The molecule has 1 aliphatic heterocycles. The van der Waals surface area contributed by atoms with E-state index in [1.54, 1.807) is 48.4 Å². The number of aromatic hydroxyl groups is 1. The van der Waals surface area contributed by atoms with Gasteiger partial charge in [-0.3, -0.25) is 4.90 Å². The number of nitrogens with zero attached hydrogens (tertiary/aromatic N) is 1. The van der Waals surface area contributed by atoms with E-state index >= 15 is 0 Å². The lowest BCUT2D eigenvalue weighted by Crippen LogP contribution is -2.35. The van der Waals surface area contributed by atoms with Crippen molar-refractivity contribution in [3.05, 3.63) is 42.0 Å². The minimum absolute atomic E-state index is 0.131. The van der Waals surface area contributed by atoms with Gasteiger partial charge in [-0.15, -0.1) is 0 Å². The summed E-state index contributed by atoms with van der Waals surface area (Å²) in [5.74, 6) is 1.30. The van der Waals surface area contributed by atoms with Crippen molar-refractivity contribution in [1.29, 1.82) is 0 Å². The second-order valence-electron chi connectivity index (χ2n) is 6.26. The van der Waals surface area contributed by atoms with Crippen molar-refractivity contribution in [2.24, 2.45) is 0 Å². The number of phenolic OH excluding ortho intramolecular Hbond substituents is 1. The van der Waals surface area contributed by atoms with Crippen LogP contribution >= 0.6 is 0 Å². The number of hydrogen-bond acceptors (Lipinski definition) is 5. The van der Waals surface area contributed by atoms with Crippen molar-refractivity contribution in [2.45, 2.75) is 19.3 Å². The maximum absolute atomic E-state index is 12.9. The highest BCUT2D eigenvalue weighted by Crippen LogP contribution is 2.32. The first-order chi connectivity index (χ1) is 13.1. The van der Waals surface area contributed by atoms with Crippen LogP contribution in [0.15, 0.2) is 36.4 Å². The number of methoxy groups -OCH3 is 2. The Bertz CT molecular complexity index is 809. The number of aryl methyl sites for hydroxylation is 1. The van der Waals surface area contributed by atoms with Gasteiger partial charge < -0.3 is 24.6 Å². The van der Waals surface area contributed by atoms with Gasteiger partial charge in [-0.25, -0.2) is 4.79 Å². The fraction of sp³-hybridized carbons (Fsp3) is 0.350. The van der Waals surface area contributed by atoms with Gasteiger partial charge in [0, 0.05) is 25.4 Å². The molecule has 7 nitrogen and oxygen atoms in total. The standard InChI is InChI=1S/C20H24N2O5/c1-25-13-27-16-7-8-17(19(12-16)26-2)21-20(24)22-10-4-3-5-14-11-15(23)6-9-18(14)22/h6-9,11-12,23H,3-5,10,13H2,1-2H3,(H,21,24). The van der Waals surface area contributed by atoms with Gasteiger partial charge in [-0.2, -0.15) is 0 Å². The van der Waals surface area contributed by atoms with E-state index in [1.165, 1.54) is 7.11 Å². The van der Waals surface area contributed by atoms with Crippen LogP contribution in [-0.2, 0) is 11.2 Å². The van der Waals surface area contributed by atoms with E-state index in [4.69, 9.17) is 14.2 Å². The van der Waals surface area contributed by atoms with Gasteiger partial charge >= 0.3 is 6.03 Å². The number of nitrogens with one attached hydrogen (secondary N) is 1. The summed E-state index contributed by atoms with van der Waals surface area (Å²) in [6.45, 7) is 0.743. The molecule has 0 saturated heterocycles. The topological polar surface area (TPSA) is 80.3 Å².